The second kappa shape index (κ2) is 20.6. The van der Waals surface area contributed by atoms with E-state index in [0.29, 0.717) is 0 Å². The highest BCUT2D eigenvalue weighted by atomic mass is 14.9. The van der Waals surface area contributed by atoms with E-state index in [9.17, 15) is 0 Å². The zero-order chi connectivity index (χ0) is 21.7. The van der Waals surface area contributed by atoms with Crippen LogP contribution in [-0.2, 0) is 0 Å². The summed E-state index contributed by atoms with van der Waals surface area (Å²) in [6, 6.07) is 0.816. The van der Waals surface area contributed by atoms with Crippen molar-refractivity contribution in [3.8, 4) is 0 Å². The maximum atomic E-state index is 3.95. The molecule has 1 heteroatoms. The average molecular weight is 434 g/mol. The van der Waals surface area contributed by atoms with Gasteiger partial charge in [0.1, 0.15) is 0 Å². The van der Waals surface area contributed by atoms with Crippen LogP contribution in [0.3, 0.4) is 0 Å². The fraction of sp³-hybridized carbons (Fsp3) is 1.00. The zero-order valence-corrected chi connectivity index (χ0v) is 21.5. The summed E-state index contributed by atoms with van der Waals surface area (Å²) in [7, 11) is 0. The fourth-order valence-electron chi connectivity index (χ4n) is 6.12. The molecule has 2 rings (SSSR count). The molecule has 2 aliphatic carbocycles. The van der Waals surface area contributed by atoms with Crippen LogP contribution in [0.25, 0.3) is 0 Å². The molecule has 0 heterocycles. The molecule has 1 nitrogen and oxygen atoms in total. The third-order valence-electron chi connectivity index (χ3n) is 8.30. The third-order valence-corrected chi connectivity index (χ3v) is 8.30. The van der Waals surface area contributed by atoms with Gasteiger partial charge in [-0.2, -0.15) is 0 Å². The van der Waals surface area contributed by atoms with Crippen LogP contribution in [0, 0.1) is 5.92 Å². The minimum absolute atomic E-state index is 0.816. The van der Waals surface area contributed by atoms with Gasteiger partial charge in [0.25, 0.3) is 0 Å². The van der Waals surface area contributed by atoms with E-state index in [1.54, 1.807) is 0 Å². The smallest absolute Gasteiger partial charge is 0.00670 e. The maximum Gasteiger partial charge on any atom is 0.00670 e. The van der Waals surface area contributed by atoms with E-state index >= 15 is 0 Å². The first-order chi connectivity index (χ1) is 15.4. The third kappa shape index (κ3) is 16.3. The lowest BCUT2D eigenvalue weighted by Crippen LogP contribution is -2.30. The van der Waals surface area contributed by atoms with Gasteiger partial charge in [0, 0.05) is 6.04 Å². The zero-order valence-electron chi connectivity index (χ0n) is 21.5. The summed E-state index contributed by atoms with van der Waals surface area (Å²) in [4.78, 5) is 0. The molecular weight excluding hydrogens is 374 g/mol. The van der Waals surface area contributed by atoms with Crippen LogP contribution in [0.4, 0.5) is 0 Å². The standard InChI is InChI=1S/C30H59N/c1-2-8-14-20-26-30(27-21-15-9-3-1)31-28-22-16-10-13-19-25-29-23-17-11-6-4-5-7-12-18-24-29/h29-31H,1-28H2. The first-order valence-corrected chi connectivity index (χ1v) is 15.2. The summed E-state index contributed by atoms with van der Waals surface area (Å²) in [6.45, 7) is 1.27. The van der Waals surface area contributed by atoms with Gasteiger partial charge in [-0.3, -0.25) is 0 Å². The lowest BCUT2D eigenvalue weighted by Gasteiger charge is -2.19. The number of hydrogen-bond acceptors (Lipinski definition) is 1. The van der Waals surface area contributed by atoms with Crippen molar-refractivity contribution in [3.05, 3.63) is 0 Å². The predicted octanol–water partition coefficient (Wildman–Crippen LogP) is 10.1. The van der Waals surface area contributed by atoms with E-state index in [2.05, 4.69) is 5.32 Å². The van der Waals surface area contributed by atoms with Gasteiger partial charge in [0.15, 0.2) is 0 Å². The van der Waals surface area contributed by atoms with Crippen LogP contribution in [0.5, 0.6) is 0 Å². The molecular formula is C30H59N. The van der Waals surface area contributed by atoms with Crippen LogP contribution in [0.15, 0.2) is 0 Å². The van der Waals surface area contributed by atoms with Gasteiger partial charge in [-0.05, 0) is 31.7 Å². The Morgan fingerprint density at radius 1 is 0.387 bits per heavy atom. The predicted molar refractivity (Wildman–Crippen MR) is 140 cm³/mol. The Balaban J connectivity index is 1.45. The summed E-state index contributed by atoms with van der Waals surface area (Å²) in [6.07, 6.45) is 40.1. The highest BCUT2D eigenvalue weighted by molar-refractivity contribution is 4.68. The second-order valence-electron chi connectivity index (χ2n) is 11.2. The number of rotatable bonds is 9. The summed E-state index contributed by atoms with van der Waals surface area (Å²) in [5, 5.41) is 3.95. The fourth-order valence-corrected chi connectivity index (χ4v) is 6.12. The number of hydrogen-bond donors (Lipinski definition) is 1. The Labute approximate surface area is 197 Å². The molecule has 0 saturated heterocycles. The average Bonchev–Trinajstić information content (AvgIpc) is 2.83. The van der Waals surface area contributed by atoms with Crippen molar-refractivity contribution < 1.29 is 0 Å². The lowest BCUT2D eigenvalue weighted by molar-refractivity contribution is 0.371. The van der Waals surface area contributed by atoms with Crippen molar-refractivity contribution in [1.82, 2.24) is 5.32 Å². The van der Waals surface area contributed by atoms with Gasteiger partial charge in [-0.25, -0.2) is 0 Å². The Hall–Kier alpha value is -0.0400. The molecule has 2 saturated carbocycles. The monoisotopic (exact) mass is 433 g/mol. The Bertz CT molecular complexity index is 341. The molecule has 0 aliphatic heterocycles. The van der Waals surface area contributed by atoms with Gasteiger partial charge in [-0.15, -0.1) is 0 Å². The SMILES string of the molecule is C1CCCCCC(NCCCCCCCC2CCCCCCCCCC2)CCCCC1. The van der Waals surface area contributed by atoms with E-state index in [1.165, 1.54) is 180 Å². The van der Waals surface area contributed by atoms with Gasteiger partial charge < -0.3 is 5.32 Å². The first-order valence-electron chi connectivity index (χ1n) is 15.2. The van der Waals surface area contributed by atoms with E-state index < -0.39 is 0 Å². The van der Waals surface area contributed by atoms with Crippen molar-refractivity contribution in [3.63, 3.8) is 0 Å². The maximum absolute atomic E-state index is 3.95. The summed E-state index contributed by atoms with van der Waals surface area (Å²) in [5.41, 5.74) is 0. The Morgan fingerprint density at radius 2 is 0.774 bits per heavy atom. The molecule has 0 unspecified atom stereocenters. The first kappa shape index (κ1) is 27.2. The number of unbranched alkanes of at least 4 members (excludes halogenated alkanes) is 4. The van der Waals surface area contributed by atoms with E-state index in [-0.39, 0.29) is 0 Å². The molecule has 2 fully saturated rings. The lowest BCUT2D eigenvalue weighted by atomic mass is 9.90. The van der Waals surface area contributed by atoms with E-state index in [0.717, 1.165) is 12.0 Å². The van der Waals surface area contributed by atoms with Crippen LogP contribution in [0.2, 0.25) is 0 Å². The Morgan fingerprint density at radius 3 is 1.29 bits per heavy atom. The summed E-state index contributed by atoms with van der Waals surface area (Å²) >= 11 is 0. The molecule has 0 radical (unpaired) electrons. The van der Waals surface area contributed by atoms with Gasteiger partial charge in [0.2, 0.25) is 0 Å². The molecule has 184 valence electrons. The highest BCUT2D eigenvalue weighted by Crippen LogP contribution is 2.25. The molecule has 0 amide bonds. The van der Waals surface area contributed by atoms with Crippen LogP contribution < -0.4 is 5.32 Å². The summed E-state index contributed by atoms with van der Waals surface area (Å²) in [5.74, 6) is 1.06. The molecule has 0 aromatic heterocycles. The van der Waals surface area contributed by atoms with Gasteiger partial charge >= 0.3 is 0 Å². The van der Waals surface area contributed by atoms with Crippen molar-refractivity contribution in [2.45, 2.75) is 179 Å². The van der Waals surface area contributed by atoms with Gasteiger partial charge in [0.05, 0.1) is 0 Å². The molecule has 0 atom stereocenters. The molecule has 0 bridgehead atoms. The molecule has 0 aromatic carbocycles. The minimum Gasteiger partial charge on any atom is -0.314 e. The number of nitrogens with one attached hydrogen (secondary N) is 1. The Kier molecular flexibility index (Phi) is 18.0. The summed E-state index contributed by atoms with van der Waals surface area (Å²) < 4.78 is 0. The molecule has 0 aromatic rings. The molecule has 1 N–H and O–H groups in total. The normalized spacial score (nSPS) is 22.8. The quantitative estimate of drug-likeness (QED) is 0.356. The van der Waals surface area contributed by atoms with Crippen LogP contribution in [-0.4, -0.2) is 12.6 Å². The minimum atomic E-state index is 0.816. The largest absolute Gasteiger partial charge is 0.314 e. The van der Waals surface area contributed by atoms with E-state index in [4.69, 9.17) is 0 Å². The molecule has 31 heavy (non-hydrogen) atoms. The van der Waals surface area contributed by atoms with Crippen LogP contribution in [0.1, 0.15) is 173 Å². The topological polar surface area (TPSA) is 12.0 Å². The van der Waals surface area contributed by atoms with Crippen molar-refractivity contribution in [2.75, 3.05) is 6.54 Å². The van der Waals surface area contributed by atoms with Crippen molar-refractivity contribution >= 4 is 0 Å². The van der Waals surface area contributed by atoms with E-state index in [1.807, 2.05) is 0 Å². The van der Waals surface area contributed by atoms with Crippen molar-refractivity contribution in [1.29, 1.82) is 0 Å². The highest BCUT2D eigenvalue weighted by Gasteiger charge is 2.10. The van der Waals surface area contributed by atoms with Crippen molar-refractivity contribution in [2.24, 2.45) is 5.92 Å². The molecule has 2 aliphatic rings. The molecule has 0 spiro atoms. The van der Waals surface area contributed by atoms with Crippen LogP contribution >= 0.6 is 0 Å². The van der Waals surface area contributed by atoms with Gasteiger partial charge in [-0.1, -0.05) is 154 Å². The second-order valence-corrected chi connectivity index (χ2v) is 11.2.